The minimum atomic E-state index is 1.01. The van der Waals surface area contributed by atoms with E-state index >= 15 is 0 Å². The van der Waals surface area contributed by atoms with Gasteiger partial charge in [-0.25, -0.2) is 0 Å². The topological polar surface area (TPSA) is 0 Å². The quantitative estimate of drug-likeness (QED) is 0.0504. The molecule has 0 bridgehead atoms. The molecule has 43 heavy (non-hydrogen) atoms. The van der Waals surface area contributed by atoms with Crippen LogP contribution in [0.3, 0.4) is 0 Å². The smallest absolute Gasteiger partial charge is 0.0169 e. The number of unbranched alkanes of at least 4 members (excludes halogenated alkanes) is 21. The van der Waals surface area contributed by atoms with Crippen molar-refractivity contribution in [1.82, 2.24) is 0 Å². The lowest BCUT2D eigenvalue weighted by Crippen LogP contribution is -2.01. The summed E-state index contributed by atoms with van der Waals surface area (Å²) >= 11 is 0. The second kappa shape index (κ2) is 39.0. The summed E-state index contributed by atoms with van der Waals surface area (Å²) in [5.74, 6) is 1.01. The number of hydrogen-bond donors (Lipinski definition) is 0. The summed E-state index contributed by atoms with van der Waals surface area (Å²) in [4.78, 5) is 0. The van der Waals surface area contributed by atoms with Crippen LogP contribution in [-0.4, -0.2) is 0 Å². The maximum absolute atomic E-state index is 2.41. The first kappa shape index (κ1) is 42.0. The highest BCUT2D eigenvalue weighted by molar-refractivity contribution is 4.93. The monoisotopic (exact) mass is 597 g/mol. The molecule has 0 heterocycles. The molecule has 0 aliphatic rings. The molecule has 0 amide bonds. The lowest BCUT2D eigenvalue weighted by Gasteiger charge is -2.17. The zero-order valence-electron chi connectivity index (χ0n) is 30.1. The van der Waals surface area contributed by atoms with E-state index in [0.29, 0.717) is 0 Å². The number of hydrogen-bond acceptors (Lipinski definition) is 0. The van der Waals surface area contributed by atoms with Crippen LogP contribution >= 0.6 is 0 Å². The minimum absolute atomic E-state index is 1.01. The first-order valence-corrected chi connectivity index (χ1v) is 19.9. The Kier molecular flexibility index (Phi) is 38.0. The highest BCUT2D eigenvalue weighted by Gasteiger charge is 2.08. The number of rotatable bonds is 35. The zero-order chi connectivity index (χ0) is 31.2. The van der Waals surface area contributed by atoms with E-state index in [1.807, 2.05) is 0 Å². The van der Waals surface area contributed by atoms with Gasteiger partial charge in [0.05, 0.1) is 0 Å². The van der Waals surface area contributed by atoms with Crippen LogP contribution < -0.4 is 0 Å². The maximum atomic E-state index is 2.41. The molecular weight excluding hydrogens is 516 g/mol. The Bertz CT molecular complexity index is 558. The van der Waals surface area contributed by atoms with Crippen molar-refractivity contribution in [2.45, 2.75) is 220 Å². The first-order valence-electron chi connectivity index (χ1n) is 19.9. The molecule has 252 valence electrons. The van der Waals surface area contributed by atoms with Crippen molar-refractivity contribution >= 4 is 0 Å². The van der Waals surface area contributed by atoms with Gasteiger partial charge in [-0.15, -0.1) is 0 Å². The molecule has 0 N–H and O–H groups in total. The fourth-order valence-corrected chi connectivity index (χ4v) is 6.14. The van der Waals surface area contributed by atoms with E-state index in [-0.39, 0.29) is 0 Å². The first-order chi connectivity index (χ1) is 21.3. The third-order valence-corrected chi connectivity index (χ3v) is 9.09. The highest BCUT2D eigenvalue weighted by Crippen LogP contribution is 2.24. The van der Waals surface area contributed by atoms with Gasteiger partial charge in [-0.05, 0) is 70.1 Å². The van der Waals surface area contributed by atoms with Gasteiger partial charge in [0.15, 0.2) is 0 Å². The summed E-state index contributed by atoms with van der Waals surface area (Å²) in [6.07, 6.45) is 61.9. The van der Waals surface area contributed by atoms with E-state index in [0.717, 1.165) is 18.8 Å². The van der Waals surface area contributed by atoms with Gasteiger partial charge in [0.1, 0.15) is 0 Å². The van der Waals surface area contributed by atoms with Crippen LogP contribution in [0.25, 0.3) is 0 Å². The molecule has 0 heteroatoms. The van der Waals surface area contributed by atoms with E-state index in [1.54, 1.807) is 0 Å². The molecule has 0 aromatic carbocycles. The molecule has 0 unspecified atom stereocenters. The Morgan fingerprint density at radius 2 is 0.535 bits per heavy atom. The van der Waals surface area contributed by atoms with Crippen molar-refractivity contribution in [2.75, 3.05) is 0 Å². The second-order valence-corrected chi connectivity index (χ2v) is 13.5. The summed E-state index contributed by atoms with van der Waals surface area (Å²) < 4.78 is 0. The van der Waals surface area contributed by atoms with Gasteiger partial charge in [-0.2, -0.15) is 0 Å². The van der Waals surface area contributed by atoms with Crippen LogP contribution in [0.1, 0.15) is 220 Å². The molecule has 0 saturated carbocycles. The summed E-state index contributed by atoms with van der Waals surface area (Å²) in [5.41, 5.74) is 0. The molecule has 0 fully saturated rings. The lowest BCUT2D eigenvalue weighted by atomic mass is 9.89. The fraction of sp³-hybridized carbons (Fsp3) is 0.814. The Labute approximate surface area is 273 Å². The van der Waals surface area contributed by atoms with Crippen LogP contribution in [0.2, 0.25) is 0 Å². The van der Waals surface area contributed by atoms with Crippen molar-refractivity contribution in [1.29, 1.82) is 0 Å². The minimum Gasteiger partial charge on any atom is -0.0882 e. The molecule has 0 rings (SSSR count). The second-order valence-electron chi connectivity index (χ2n) is 13.5. The summed E-state index contributed by atoms with van der Waals surface area (Å²) in [6, 6.07) is 0. The van der Waals surface area contributed by atoms with Crippen LogP contribution in [0.4, 0.5) is 0 Å². The average molecular weight is 597 g/mol. The van der Waals surface area contributed by atoms with E-state index in [4.69, 9.17) is 0 Å². The lowest BCUT2D eigenvalue weighted by molar-refractivity contribution is 0.366. The van der Waals surface area contributed by atoms with Crippen LogP contribution in [-0.2, 0) is 0 Å². The summed E-state index contributed by atoms with van der Waals surface area (Å²) in [5, 5.41) is 0. The van der Waals surface area contributed by atoms with Crippen molar-refractivity contribution in [2.24, 2.45) is 5.92 Å². The van der Waals surface area contributed by atoms with E-state index in [2.05, 4.69) is 69.4 Å². The van der Waals surface area contributed by atoms with Gasteiger partial charge in [0, 0.05) is 0 Å². The predicted molar refractivity (Wildman–Crippen MR) is 200 cm³/mol. The Hall–Kier alpha value is -1.04. The van der Waals surface area contributed by atoms with Gasteiger partial charge >= 0.3 is 0 Å². The van der Waals surface area contributed by atoms with Gasteiger partial charge < -0.3 is 0 Å². The standard InChI is InChI=1S/C43H80/c1-4-7-10-13-15-17-19-21-23-25-27-29-31-33-35-38-41-43(40-37-12-9-6-3)42-39-36-34-32-30-28-26-24-22-20-18-16-14-11-8-5-2/h15-18,21-24,43H,4-14,19-20,25-42H2,1-3H3/b17-15-,18-16-,23-21-,24-22-. The van der Waals surface area contributed by atoms with Gasteiger partial charge in [0.2, 0.25) is 0 Å². The Morgan fingerprint density at radius 1 is 0.279 bits per heavy atom. The SMILES string of the molecule is CCCCC/C=C\C/C=C\CCCCCCCCC(CCCCCC)CCCCCCCC/C=C\C/C=C\CCCCC. The molecule has 0 aromatic heterocycles. The van der Waals surface area contributed by atoms with E-state index in [9.17, 15) is 0 Å². The highest BCUT2D eigenvalue weighted by atomic mass is 14.1. The molecule has 0 aromatic rings. The molecule has 0 aliphatic carbocycles. The van der Waals surface area contributed by atoms with Gasteiger partial charge in [-0.3, -0.25) is 0 Å². The summed E-state index contributed by atoms with van der Waals surface area (Å²) in [6.45, 7) is 6.89. The molecule has 0 atom stereocenters. The molecule has 0 spiro atoms. The Balaban J connectivity index is 3.76. The van der Waals surface area contributed by atoms with Gasteiger partial charge in [-0.1, -0.05) is 204 Å². The average Bonchev–Trinajstić information content (AvgIpc) is 3.02. The normalized spacial score (nSPS) is 12.5. The third kappa shape index (κ3) is 37.1. The van der Waals surface area contributed by atoms with Crippen LogP contribution in [0.5, 0.6) is 0 Å². The van der Waals surface area contributed by atoms with Crippen molar-refractivity contribution in [3.63, 3.8) is 0 Å². The largest absolute Gasteiger partial charge is 0.0882 e. The maximum Gasteiger partial charge on any atom is -0.0169 e. The molecule has 0 nitrogen and oxygen atoms in total. The molecule has 0 radical (unpaired) electrons. The number of allylic oxidation sites excluding steroid dienone is 8. The molecule has 0 saturated heterocycles. The van der Waals surface area contributed by atoms with Crippen LogP contribution in [0.15, 0.2) is 48.6 Å². The third-order valence-electron chi connectivity index (χ3n) is 9.09. The fourth-order valence-electron chi connectivity index (χ4n) is 6.14. The Morgan fingerprint density at radius 3 is 0.884 bits per heavy atom. The van der Waals surface area contributed by atoms with Crippen molar-refractivity contribution in [3.05, 3.63) is 48.6 Å². The van der Waals surface area contributed by atoms with Crippen molar-refractivity contribution in [3.8, 4) is 0 Å². The summed E-state index contributed by atoms with van der Waals surface area (Å²) in [7, 11) is 0. The predicted octanol–water partition coefficient (Wildman–Crippen LogP) is 16.0. The zero-order valence-corrected chi connectivity index (χ0v) is 30.1. The van der Waals surface area contributed by atoms with Crippen molar-refractivity contribution < 1.29 is 0 Å². The van der Waals surface area contributed by atoms with Crippen LogP contribution in [0, 0.1) is 5.92 Å². The van der Waals surface area contributed by atoms with E-state index in [1.165, 1.54) is 186 Å². The molecular formula is C43H80. The van der Waals surface area contributed by atoms with Gasteiger partial charge in [0.25, 0.3) is 0 Å². The van der Waals surface area contributed by atoms with E-state index < -0.39 is 0 Å². The molecule has 0 aliphatic heterocycles.